The number of benzene rings is 2. The highest BCUT2D eigenvalue weighted by atomic mass is 35.5. The third-order valence-electron chi connectivity index (χ3n) is 3.26. The van der Waals surface area contributed by atoms with Gasteiger partial charge in [0.1, 0.15) is 0 Å². The van der Waals surface area contributed by atoms with E-state index in [1.165, 1.54) is 6.20 Å². The molecule has 5 nitrogen and oxygen atoms in total. The fourth-order valence-corrected chi connectivity index (χ4v) is 2.21. The normalized spacial score (nSPS) is 10.6. The lowest BCUT2D eigenvalue weighted by Crippen LogP contribution is -2.07. The van der Waals surface area contributed by atoms with Crippen molar-refractivity contribution < 1.29 is 13.2 Å². The second-order valence-corrected chi connectivity index (χ2v) is 5.37. The van der Waals surface area contributed by atoms with Crippen molar-refractivity contribution >= 4 is 29.1 Å². The van der Waals surface area contributed by atoms with Gasteiger partial charge < -0.3 is 10.6 Å². The van der Waals surface area contributed by atoms with Gasteiger partial charge >= 0.3 is 0 Å². The fourth-order valence-electron chi connectivity index (χ4n) is 2.01. The number of rotatable bonds is 5. The van der Waals surface area contributed by atoms with Gasteiger partial charge in [-0.05, 0) is 23.8 Å². The van der Waals surface area contributed by atoms with Crippen LogP contribution in [0.2, 0.25) is 5.02 Å². The van der Waals surface area contributed by atoms with Gasteiger partial charge in [0, 0.05) is 11.6 Å². The molecule has 9 heteroatoms. The molecule has 0 saturated heterocycles. The van der Waals surface area contributed by atoms with E-state index in [1.54, 1.807) is 6.07 Å². The molecule has 0 bridgehead atoms. The van der Waals surface area contributed by atoms with Gasteiger partial charge in [-0.3, -0.25) is 0 Å². The SMILES string of the molecule is Fc1ccc(Nc2nncc(NCc3ccccc3Cl)n2)c(F)c1F. The van der Waals surface area contributed by atoms with Crippen molar-refractivity contribution in [2.45, 2.75) is 6.54 Å². The molecule has 2 aromatic carbocycles. The molecule has 1 aromatic heterocycles. The third-order valence-corrected chi connectivity index (χ3v) is 3.63. The lowest BCUT2D eigenvalue weighted by molar-refractivity contribution is 0.449. The summed E-state index contributed by atoms with van der Waals surface area (Å²) < 4.78 is 39.9. The number of hydrogen-bond acceptors (Lipinski definition) is 5. The molecule has 0 saturated carbocycles. The van der Waals surface area contributed by atoms with Gasteiger partial charge in [0.25, 0.3) is 0 Å². The van der Waals surface area contributed by atoms with Crippen LogP contribution in [0.5, 0.6) is 0 Å². The molecular weight excluding hydrogens is 355 g/mol. The molecule has 3 aromatic rings. The lowest BCUT2D eigenvalue weighted by atomic mass is 10.2. The highest BCUT2D eigenvalue weighted by Gasteiger charge is 2.14. The predicted molar refractivity (Wildman–Crippen MR) is 88.2 cm³/mol. The lowest BCUT2D eigenvalue weighted by Gasteiger charge is -2.09. The molecule has 128 valence electrons. The van der Waals surface area contributed by atoms with Crippen LogP contribution in [0.4, 0.5) is 30.6 Å². The summed E-state index contributed by atoms with van der Waals surface area (Å²) in [6.45, 7) is 0.386. The quantitative estimate of drug-likeness (QED) is 0.660. The van der Waals surface area contributed by atoms with Gasteiger partial charge in [-0.2, -0.15) is 10.1 Å². The van der Waals surface area contributed by atoms with Crippen LogP contribution in [0, 0.1) is 17.5 Å². The minimum absolute atomic E-state index is 0.0749. The van der Waals surface area contributed by atoms with Gasteiger partial charge in [-0.15, -0.1) is 5.10 Å². The van der Waals surface area contributed by atoms with Gasteiger partial charge in [0.15, 0.2) is 23.3 Å². The highest BCUT2D eigenvalue weighted by Crippen LogP contribution is 2.22. The van der Waals surface area contributed by atoms with Crippen molar-refractivity contribution in [1.29, 1.82) is 0 Å². The zero-order chi connectivity index (χ0) is 17.8. The van der Waals surface area contributed by atoms with Crippen molar-refractivity contribution in [3.8, 4) is 0 Å². The van der Waals surface area contributed by atoms with Crippen molar-refractivity contribution in [2.24, 2.45) is 0 Å². The Bertz CT molecular complexity index is 907. The van der Waals surface area contributed by atoms with E-state index in [9.17, 15) is 13.2 Å². The van der Waals surface area contributed by atoms with E-state index in [0.717, 1.165) is 17.7 Å². The Balaban J connectivity index is 1.74. The maximum atomic E-state index is 13.7. The smallest absolute Gasteiger partial charge is 0.249 e. The maximum absolute atomic E-state index is 13.7. The molecule has 0 aliphatic rings. The van der Waals surface area contributed by atoms with Crippen molar-refractivity contribution in [3.05, 3.63) is 70.6 Å². The molecule has 0 fully saturated rings. The van der Waals surface area contributed by atoms with E-state index in [2.05, 4.69) is 25.8 Å². The standard InChI is InChI=1S/C16H11ClF3N5/c17-10-4-2-1-3-9(10)7-21-13-8-22-25-16(24-13)23-12-6-5-11(18)14(19)15(12)20/h1-6,8H,7H2,(H2,21,23,24,25). The topological polar surface area (TPSA) is 62.7 Å². The van der Waals surface area contributed by atoms with Crippen molar-refractivity contribution in [1.82, 2.24) is 15.2 Å². The van der Waals surface area contributed by atoms with E-state index < -0.39 is 17.5 Å². The molecule has 1 heterocycles. The van der Waals surface area contributed by atoms with Crippen LogP contribution in [0.15, 0.2) is 42.6 Å². The van der Waals surface area contributed by atoms with Gasteiger partial charge in [0.2, 0.25) is 5.95 Å². The first-order valence-electron chi connectivity index (χ1n) is 7.12. The largest absolute Gasteiger partial charge is 0.364 e. The summed E-state index contributed by atoms with van der Waals surface area (Å²) in [7, 11) is 0. The van der Waals surface area contributed by atoms with Crippen molar-refractivity contribution in [2.75, 3.05) is 10.6 Å². The Morgan fingerprint density at radius 1 is 1.00 bits per heavy atom. The Hall–Kier alpha value is -2.87. The number of hydrogen-bond donors (Lipinski definition) is 2. The van der Waals surface area contributed by atoms with Crippen LogP contribution >= 0.6 is 11.6 Å². The second kappa shape index (κ2) is 7.35. The molecule has 25 heavy (non-hydrogen) atoms. The Morgan fingerprint density at radius 2 is 1.80 bits per heavy atom. The molecule has 0 aliphatic carbocycles. The minimum atomic E-state index is -1.58. The van der Waals surface area contributed by atoms with Crippen LogP contribution in [0.25, 0.3) is 0 Å². The van der Waals surface area contributed by atoms with Crippen LogP contribution in [-0.2, 0) is 6.54 Å². The molecule has 0 amide bonds. The number of halogens is 4. The number of nitrogens with zero attached hydrogens (tertiary/aromatic N) is 3. The molecule has 0 radical (unpaired) electrons. The summed E-state index contributed by atoms with van der Waals surface area (Å²) in [5, 5.41) is 13.5. The van der Waals surface area contributed by atoms with E-state index in [0.29, 0.717) is 17.4 Å². The van der Waals surface area contributed by atoms with E-state index in [4.69, 9.17) is 11.6 Å². The summed E-state index contributed by atoms with van der Waals surface area (Å²) in [5.41, 5.74) is 0.549. The summed E-state index contributed by atoms with van der Waals surface area (Å²) in [6.07, 6.45) is 1.36. The maximum Gasteiger partial charge on any atom is 0.249 e. The summed E-state index contributed by atoms with van der Waals surface area (Å²) in [4.78, 5) is 4.08. The monoisotopic (exact) mass is 365 g/mol. The third kappa shape index (κ3) is 3.97. The van der Waals surface area contributed by atoms with E-state index in [-0.39, 0.29) is 11.6 Å². The zero-order valence-corrected chi connectivity index (χ0v) is 13.4. The van der Waals surface area contributed by atoms with Crippen LogP contribution in [-0.4, -0.2) is 15.2 Å². The molecular formula is C16H11ClF3N5. The predicted octanol–water partition coefficient (Wildman–Crippen LogP) is 4.30. The average molecular weight is 366 g/mol. The van der Waals surface area contributed by atoms with Gasteiger partial charge in [0.05, 0.1) is 11.9 Å². The first-order valence-corrected chi connectivity index (χ1v) is 7.50. The van der Waals surface area contributed by atoms with Crippen LogP contribution in [0.1, 0.15) is 5.56 Å². The molecule has 0 aliphatic heterocycles. The van der Waals surface area contributed by atoms with Crippen LogP contribution < -0.4 is 10.6 Å². The van der Waals surface area contributed by atoms with E-state index >= 15 is 0 Å². The molecule has 0 spiro atoms. The molecule has 0 atom stereocenters. The Labute approximate surface area is 145 Å². The summed E-state index contributed by atoms with van der Waals surface area (Å²) >= 11 is 6.07. The summed E-state index contributed by atoms with van der Waals surface area (Å²) in [6, 6.07) is 9.11. The Morgan fingerprint density at radius 3 is 2.60 bits per heavy atom. The van der Waals surface area contributed by atoms with Crippen LogP contribution in [0.3, 0.4) is 0 Å². The zero-order valence-electron chi connectivity index (χ0n) is 12.6. The minimum Gasteiger partial charge on any atom is -0.364 e. The number of nitrogens with one attached hydrogen (secondary N) is 2. The number of anilines is 3. The molecule has 0 unspecified atom stereocenters. The fraction of sp³-hybridized carbons (Fsp3) is 0.0625. The molecule has 2 N–H and O–H groups in total. The van der Waals surface area contributed by atoms with Gasteiger partial charge in [-0.25, -0.2) is 13.2 Å². The van der Waals surface area contributed by atoms with Crippen molar-refractivity contribution in [3.63, 3.8) is 0 Å². The first-order chi connectivity index (χ1) is 12.0. The summed E-state index contributed by atoms with van der Waals surface area (Å²) in [5.74, 6) is -3.95. The first kappa shape index (κ1) is 17.0. The number of aromatic nitrogens is 3. The average Bonchev–Trinajstić information content (AvgIpc) is 2.62. The highest BCUT2D eigenvalue weighted by molar-refractivity contribution is 6.31. The Kier molecular flexibility index (Phi) is 4.99. The van der Waals surface area contributed by atoms with E-state index in [1.807, 2.05) is 18.2 Å². The molecule has 3 rings (SSSR count). The second-order valence-electron chi connectivity index (χ2n) is 4.96. The van der Waals surface area contributed by atoms with Gasteiger partial charge in [-0.1, -0.05) is 29.8 Å².